The van der Waals surface area contributed by atoms with Gasteiger partial charge in [-0.1, -0.05) is 63.6 Å². The highest BCUT2D eigenvalue weighted by molar-refractivity contribution is 7.14. The van der Waals surface area contributed by atoms with Gasteiger partial charge in [0.15, 0.2) is 5.13 Å². The van der Waals surface area contributed by atoms with Crippen LogP contribution in [-0.4, -0.2) is 17.4 Å². The largest absolute Gasteiger partial charge is 0.284 e. The van der Waals surface area contributed by atoms with Crippen LogP contribution in [0.25, 0.3) is 11.3 Å². The number of halogens is 1. The summed E-state index contributed by atoms with van der Waals surface area (Å²) in [5.74, 6) is -0.0192. The zero-order valence-corrected chi connectivity index (χ0v) is 18.3. The van der Waals surface area contributed by atoms with Crippen LogP contribution in [0.4, 0.5) is 5.13 Å². The number of amides is 1. The molecule has 1 amide bonds. The molecule has 3 nitrogen and oxygen atoms in total. The minimum absolute atomic E-state index is 0.0192. The highest BCUT2D eigenvalue weighted by Crippen LogP contribution is 2.30. The fourth-order valence-electron chi connectivity index (χ4n) is 2.94. The number of rotatable bonds is 5. The van der Waals surface area contributed by atoms with Crippen LogP contribution in [-0.2, 0) is 5.41 Å². The zero-order chi connectivity index (χ0) is 20.3. The number of thiazole rings is 1. The van der Waals surface area contributed by atoms with E-state index in [0.717, 1.165) is 17.7 Å². The molecular weight excluding hydrogens is 388 g/mol. The van der Waals surface area contributed by atoms with Crippen molar-refractivity contribution < 1.29 is 4.79 Å². The third-order valence-corrected chi connectivity index (χ3v) is 5.63. The molecule has 0 radical (unpaired) electrons. The molecule has 0 atom stereocenters. The van der Waals surface area contributed by atoms with Crippen molar-refractivity contribution >= 4 is 34.0 Å². The van der Waals surface area contributed by atoms with Gasteiger partial charge in [0.1, 0.15) is 0 Å². The lowest BCUT2D eigenvalue weighted by molar-refractivity contribution is 0.0987. The second kappa shape index (κ2) is 8.46. The SMILES string of the molecule is CCCN(C(=O)c1ccc(C(C)(C)C)cc1)c1nc(-c2cccc(Cl)c2)cs1. The normalized spacial score (nSPS) is 11.5. The fraction of sp³-hybridized carbons (Fsp3) is 0.304. The molecular formula is C23H25ClN2OS. The van der Waals surface area contributed by atoms with Crippen LogP contribution in [0.5, 0.6) is 0 Å². The number of carbonyl (C=O) groups is 1. The molecule has 0 bridgehead atoms. The number of carbonyl (C=O) groups excluding carboxylic acids is 1. The predicted molar refractivity (Wildman–Crippen MR) is 120 cm³/mol. The van der Waals surface area contributed by atoms with Crippen molar-refractivity contribution in [2.75, 3.05) is 11.4 Å². The third kappa shape index (κ3) is 4.62. The third-order valence-electron chi connectivity index (χ3n) is 4.53. The Morgan fingerprint density at radius 2 is 1.86 bits per heavy atom. The van der Waals surface area contributed by atoms with Gasteiger partial charge in [0.2, 0.25) is 0 Å². The maximum Gasteiger partial charge on any atom is 0.260 e. The van der Waals surface area contributed by atoms with Crippen molar-refractivity contribution in [3.63, 3.8) is 0 Å². The Labute approximate surface area is 176 Å². The molecule has 0 aliphatic carbocycles. The van der Waals surface area contributed by atoms with Crippen LogP contribution in [0.3, 0.4) is 0 Å². The highest BCUT2D eigenvalue weighted by Gasteiger charge is 2.21. The van der Waals surface area contributed by atoms with Gasteiger partial charge < -0.3 is 0 Å². The number of anilines is 1. The monoisotopic (exact) mass is 412 g/mol. The first kappa shape index (κ1) is 20.6. The summed E-state index contributed by atoms with van der Waals surface area (Å²) in [6.45, 7) is 9.19. The summed E-state index contributed by atoms with van der Waals surface area (Å²) >= 11 is 7.58. The zero-order valence-electron chi connectivity index (χ0n) is 16.7. The van der Waals surface area contributed by atoms with Crippen molar-refractivity contribution in [3.8, 4) is 11.3 Å². The molecule has 0 unspecified atom stereocenters. The molecule has 0 saturated heterocycles. The summed E-state index contributed by atoms with van der Waals surface area (Å²) in [7, 11) is 0. The van der Waals surface area contributed by atoms with Crippen molar-refractivity contribution in [2.24, 2.45) is 0 Å². The van der Waals surface area contributed by atoms with Crippen molar-refractivity contribution in [2.45, 2.75) is 39.5 Å². The summed E-state index contributed by atoms with van der Waals surface area (Å²) < 4.78 is 0. The molecule has 146 valence electrons. The Morgan fingerprint density at radius 3 is 2.46 bits per heavy atom. The molecule has 28 heavy (non-hydrogen) atoms. The number of hydrogen-bond acceptors (Lipinski definition) is 3. The van der Waals surface area contributed by atoms with Crippen LogP contribution >= 0.6 is 22.9 Å². The van der Waals surface area contributed by atoms with E-state index >= 15 is 0 Å². The van der Waals surface area contributed by atoms with Crippen LogP contribution in [0.2, 0.25) is 5.02 Å². The van der Waals surface area contributed by atoms with Crippen LogP contribution in [0, 0.1) is 0 Å². The molecule has 0 fully saturated rings. The Hall–Kier alpha value is -2.17. The molecule has 1 heterocycles. The number of hydrogen-bond donors (Lipinski definition) is 0. The van der Waals surface area contributed by atoms with Gasteiger partial charge >= 0.3 is 0 Å². The number of nitrogens with zero attached hydrogens (tertiary/aromatic N) is 2. The number of benzene rings is 2. The maximum absolute atomic E-state index is 13.2. The Bertz CT molecular complexity index is 957. The Balaban J connectivity index is 1.88. The average molecular weight is 413 g/mol. The second-order valence-electron chi connectivity index (χ2n) is 7.81. The molecule has 3 aromatic rings. The minimum atomic E-state index is -0.0192. The van der Waals surface area contributed by atoms with E-state index < -0.39 is 0 Å². The van der Waals surface area contributed by atoms with Crippen molar-refractivity contribution in [1.82, 2.24) is 4.98 Å². The van der Waals surface area contributed by atoms with Gasteiger partial charge in [-0.3, -0.25) is 9.69 Å². The lowest BCUT2D eigenvalue weighted by Gasteiger charge is -2.21. The standard InChI is InChI=1S/C23H25ClN2OS/c1-5-13-26(21(27)16-9-11-18(12-10-16)23(2,3)4)22-25-20(15-28-22)17-7-6-8-19(24)14-17/h6-12,14-15H,5,13H2,1-4H3. The molecule has 0 N–H and O–H groups in total. The molecule has 0 spiro atoms. The number of aromatic nitrogens is 1. The smallest absolute Gasteiger partial charge is 0.260 e. The quantitative estimate of drug-likeness (QED) is 0.460. The fourth-order valence-corrected chi connectivity index (χ4v) is 3.99. The first-order valence-corrected chi connectivity index (χ1v) is 10.7. The van der Waals surface area contributed by atoms with Crippen LogP contribution < -0.4 is 4.90 Å². The van der Waals surface area contributed by atoms with Gasteiger partial charge in [0.25, 0.3) is 5.91 Å². The van der Waals surface area contributed by atoms with E-state index in [1.54, 1.807) is 4.90 Å². The van der Waals surface area contributed by atoms with Crippen LogP contribution in [0.15, 0.2) is 53.9 Å². The van der Waals surface area contributed by atoms with E-state index in [4.69, 9.17) is 16.6 Å². The van der Waals surface area contributed by atoms with Gasteiger partial charge in [0.05, 0.1) is 5.69 Å². The van der Waals surface area contributed by atoms with E-state index in [-0.39, 0.29) is 11.3 Å². The molecule has 0 aliphatic heterocycles. The average Bonchev–Trinajstić information content (AvgIpc) is 3.15. The van der Waals surface area contributed by atoms with Gasteiger partial charge in [-0.25, -0.2) is 4.98 Å². The molecule has 0 saturated carbocycles. The van der Waals surface area contributed by atoms with Crippen molar-refractivity contribution in [3.05, 3.63) is 70.1 Å². The highest BCUT2D eigenvalue weighted by atomic mass is 35.5. The first-order chi connectivity index (χ1) is 13.3. The second-order valence-corrected chi connectivity index (χ2v) is 9.08. The molecule has 2 aromatic carbocycles. The summed E-state index contributed by atoms with van der Waals surface area (Å²) in [5.41, 5.74) is 3.74. The van der Waals surface area contributed by atoms with E-state index in [2.05, 4.69) is 27.7 Å². The lowest BCUT2D eigenvalue weighted by Crippen LogP contribution is -2.31. The van der Waals surface area contributed by atoms with E-state index in [0.29, 0.717) is 22.3 Å². The topological polar surface area (TPSA) is 33.2 Å². The van der Waals surface area contributed by atoms with Crippen LogP contribution in [0.1, 0.15) is 50.0 Å². The first-order valence-electron chi connectivity index (χ1n) is 9.43. The summed E-state index contributed by atoms with van der Waals surface area (Å²) in [6, 6.07) is 15.5. The van der Waals surface area contributed by atoms with E-state index in [9.17, 15) is 4.79 Å². The van der Waals surface area contributed by atoms with Gasteiger partial charge in [-0.2, -0.15) is 0 Å². The predicted octanol–water partition coefficient (Wildman–Crippen LogP) is 6.82. The summed E-state index contributed by atoms with van der Waals surface area (Å²) in [5, 5.41) is 3.36. The minimum Gasteiger partial charge on any atom is -0.284 e. The maximum atomic E-state index is 13.2. The molecule has 3 rings (SSSR count). The summed E-state index contributed by atoms with van der Waals surface area (Å²) in [4.78, 5) is 19.6. The van der Waals surface area contributed by atoms with Gasteiger partial charge in [-0.15, -0.1) is 11.3 Å². The van der Waals surface area contributed by atoms with E-state index in [1.165, 1.54) is 16.9 Å². The Morgan fingerprint density at radius 1 is 1.14 bits per heavy atom. The van der Waals surface area contributed by atoms with Gasteiger partial charge in [-0.05, 0) is 41.7 Å². The molecule has 5 heteroatoms. The summed E-state index contributed by atoms with van der Waals surface area (Å²) in [6.07, 6.45) is 0.859. The van der Waals surface area contributed by atoms with Gasteiger partial charge in [0, 0.05) is 28.1 Å². The molecule has 1 aromatic heterocycles. The molecule has 0 aliphatic rings. The van der Waals surface area contributed by atoms with Crippen molar-refractivity contribution in [1.29, 1.82) is 0 Å². The Kier molecular flexibility index (Phi) is 6.21. The van der Waals surface area contributed by atoms with E-state index in [1.807, 2.05) is 53.9 Å². The lowest BCUT2D eigenvalue weighted by atomic mass is 9.86.